The van der Waals surface area contributed by atoms with Crippen molar-refractivity contribution in [3.63, 3.8) is 0 Å². The third-order valence-corrected chi connectivity index (χ3v) is 4.93. The molecular weight excluding hydrogens is 382 g/mol. The number of sulfonamides is 1. The van der Waals surface area contributed by atoms with Gasteiger partial charge in [-0.25, -0.2) is 17.9 Å². The summed E-state index contributed by atoms with van der Waals surface area (Å²) in [7, 11) is -3.09. The number of nitro benzene ring substituents is 2. The predicted molar refractivity (Wildman–Crippen MR) is 91.6 cm³/mol. The highest BCUT2D eigenvalue weighted by Crippen LogP contribution is 2.28. The first-order chi connectivity index (χ1) is 12.7. The van der Waals surface area contributed by atoms with Crippen LogP contribution in [-0.4, -0.2) is 31.3 Å². The van der Waals surface area contributed by atoms with Crippen LogP contribution in [0.2, 0.25) is 0 Å². The summed E-state index contributed by atoms with van der Waals surface area (Å²) in [6.07, 6.45) is 0. The molecule has 0 aliphatic rings. The summed E-state index contributed by atoms with van der Waals surface area (Å²) in [5.41, 5.74) is -0.748. The normalized spacial score (nSPS) is 11.0. The molecule has 0 saturated heterocycles. The maximum absolute atomic E-state index is 12.4. The van der Waals surface area contributed by atoms with E-state index in [1.165, 1.54) is 31.4 Å². The first-order valence-electron chi connectivity index (χ1n) is 7.25. The van der Waals surface area contributed by atoms with Crippen molar-refractivity contribution >= 4 is 27.4 Å². The van der Waals surface area contributed by atoms with Gasteiger partial charge in [-0.15, -0.1) is 0 Å². The van der Waals surface area contributed by atoms with Gasteiger partial charge in [0.1, 0.15) is 0 Å². The lowest BCUT2D eigenvalue weighted by molar-refractivity contribution is -0.396. The Morgan fingerprint density at radius 1 is 1.07 bits per heavy atom. The van der Waals surface area contributed by atoms with Crippen molar-refractivity contribution in [3.05, 3.63) is 73.8 Å². The largest absolute Gasteiger partial charge is 0.465 e. The van der Waals surface area contributed by atoms with Crippen molar-refractivity contribution in [2.75, 3.05) is 7.11 Å². The Labute approximate surface area is 152 Å². The van der Waals surface area contributed by atoms with Gasteiger partial charge >= 0.3 is 5.97 Å². The number of methoxy groups -OCH3 is 1. The van der Waals surface area contributed by atoms with Crippen molar-refractivity contribution < 1.29 is 27.8 Å². The molecule has 0 heterocycles. The molecule has 0 atom stereocenters. The third kappa shape index (κ3) is 4.62. The first kappa shape index (κ1) is 19.9. The van der Waals surface area contributed by atoms with Gasteiger partial charge in [-0.1, -0.05) is 12.1 Å². The van der Waals surface area contributed by atoms with Crippen molar-refractivity contribution in [3.8, 4) is 0 Å². The molecule has 11 nitrogen and oxygen atoms in total. The van der Waals surface area contributed by atoms with Crippen molar-refractivity contribution in [1.82, 2.24) is 4.72 Å². The molecule has 0 aromatic heterocycles. The Balaban J connectivity index is 2.25. The van der Waals surface area contributed by atoms with Crippen LogP contribution < -0.4 is 4.72 Å². The highest BCUT2D eigenvalue weighted by molar-refractivity contribution is 7.89. The van der Waals surface area contributed by atoms with Crippen molar-refractivity contribution in [2.45, 2.75) is 11.4 Å². The number of nitrogens with one attached hydrogen (secondary N) is 1. The van der Waals surface area contributed by atoms with Crippen LogP contribution in [0.3, 0.4) is 0 Å². The lowest BCUT2D eigenvalue weighted by atomic mass is 10.1. The second kappa shape index (κ2) is 7.88. The molecule has 0 amide bonds. The minimum atomic E-state index is -4.31. The monoisotopic (exact) mass is 395 g/mol. The molecule has 2 rings (SSSR count). The summed E-state index contributed by atoms with van der Waals surface area (Å²) < 4.78 is 31.5. The van der Waals surface area contributed by atoms with Gasteiger partial charge in [-0.3, -0.25) is 20.2 Å². The summed E-state index contributed by atoms with van der Waals surface area (Å²) in [5, 5.41) is 21.8. The van der Waals surface area contributed by atoms with Crippen LogP contribution in [-0.2, 0) is 21.3 Å². The molecule has 2 aromatic rings. The SMILES string of the molecule is COC(=O)c1ccc(CNS(=O)(=O)c2ccc([N+](=O)[O-])cc2[N+](=O)[O-])cc1. The number of carbonyl (C=O) groups is 1. The van der Waals surface area contributed by atoms with Crippen molar-refractivity contribution in [1.29, 1.82) is 0 Å². The van der Waals surface area contributed by atoms with Crippen LogP contribution in [0.15, 0.2) is 47.4 Å². The van der Waals surface area contributed by atoms with E-state index >= 15 is 0 Å². The Kier molecular flexibility index (Phi) is 5.82. The minimum absolute atomic E-state index is 0.210. The van der Waals surface area contributed by atoms with E-state index in [4.69, 9.17) is 0 Å². The first-order valence-corrected chi connectivity index (χ1v) is 8.74. The van der Waals surface area contributed by atoms with E-state index in [9.17, 15) is 33.4 Å². The van der Waals surface area contributed by atoms with Gasteiger partial charge in [-0.2, -0.15) is 0 Å². The number of ether oxygens (including phenoxy) is 1. The van der Waals surface area contributed by atoms with E-state index < -0.39 is 42.1 Å². The van der Waals surface area contributed by atoms with Gasteiger partial charge in [-0.05, 0) is 23.8 Å². The van der Waals surface area contributed by atoms with Crippen LogP contribution in [0, 0.1) is 20.2 Å². The topological polar surface area (TPSA) is 159 Å². The predicted octanol–water partition coefficient (Wildman–Crippen LogP) is 1.77. The molecule has 0 fully saturated rings. The fraction of sp³-hybridized carbons (Fsp3) is 0.133. The quantitative estimate of drug-likeness (QED) is 0.422. The molecule has 0 bridgehead atoms. The zero-order valence-corrected chi connectivity index (χ0v) is 14.6. The molecule has 0 aliphatic heterocycles. The summed E-state index contributed by atoms with van der Waals surface area (Å²) in [6, 6.07) is 8.09. The molecule has 0 saturated carbocycles. The van der Waals surface area contributed by atoms with Gasteiger partial charge in [0.15, 0.2) is 4.90 Å². The summed E-state index contributed by atoms with van der Waals surface area (Å²) in [4.78, 5) is 30.6. The van der Waals surface area contributed by atoms with Crippen LogP contribution in [0.25, 0.3) is 0 Å². The second-order valence-corrected chi connectivity index (χ2v) is 6.91. The standard InChI is InChI=1S/C15H13N3O8S/c1-26-15(19)11-4-2-10(3-5-11)9-16-27(24,25)14-7-6-12(17(20)21)8-13(14)18(22)23/h2-8,16H,9H2,1H3. The van der Waals surface area contributed by atoms with Crippen LogP contribution in [0.4, 0.5) is 11.4 Å². The molecule has 0 unspecified atom stereocenters. The Morgan fingerprint density at radius 2 is 1.70 bits per heavy atom. The van der Waals surface area contributed by atoms with Crippen molar-refractivity contribution in [2.24, 2.45) is 0 Å². The van der Waals surface area contributed by atoms with Crippen LogP contribution in [0.1, 0.15) is 15.9 Å². The van der Waals surface area contributed by atoms with E-state index in [-0.39, 0.29) is 12.1 Å². The molecule has 0 radical (unpaired) electrons. The van der Waals surface area contributed by atoms with Gasteiger partial charge in [0.25, 0.3) is 11.4 Å². The average Bonchev–Trinajstić information content (AvgIpc) is 2.65. The number of hydrogen-bond acceptors (Lipinski definition) is 8. The van der Waals surface area contributed by atoms with Gasteiger partial charge < -0.3 is 4.74 Å². The highest BCUT2D eigenvalue weighted by atomic mass is 32.2. The average molecular weight is 395 g/mol. The summed E-state index contributed by atoms with van der Waals surface area (Å²) >= 11 is 0. The zero-order valence-electron chi connectivity index (χ0n) is 13.8. The van der Waals surface area contributed by atoms with Gasteiger partial charge in [0, 0.05) is 12.6 Å². The molecular formula is C15H13N3O8S. The molecule has 142 valence electrons. The summed E-state index contributed by atoms with van der Waals surface area (Å²) in [5.74, 6) is -0.552. The molecule has 1 N–H and O–H groups in total. The van der Waals surface area contributed by atoms with E-state index in [2.05, 4.69) is 9.46 Å². The Bertz CT molecular complexity index is 1000. The van der Waals surface area contributed by atoms with Gasteiger partial charge in [0.2, 0.25) is 10.0 Å². The zero-order chi connectivity index (χ0) is 20.2. The number of rotatable bonds is 7. The van der Waals surface area contributed by atoms with E-state index in [0.717, 1.165) is 12.1 Å². The highest BCUT2D eigenvalue weighted by Gasteiger charge is 2.28. The maximum atomic E-state index is 12.4. The number of hydrogen-bond donors (Lipinski definition) is 1. The number of carbonyl (C=O) groups excluding carboxylic acids is 1. The van der Waals surface area contributed by atoms with Gasteiger partial charge in [0.05, 0.1) is 28.6 Å². The van der Waals surface area contributed by atoms with Crippen LogP contribution >= 0.6 is 0 Å². The molecule has 0 spiro atoms. The minimum Gasteiger partial charge on any atom is -0.465 e. The van der Waals surface area contributed by atoms with E-state index in [1.807, 2.05) is 0 Å². The smallest absolute Gasteiger partial charge is 0.337 e. The lowest BCUT2D eigenvalue weighted by Gasteiger charge is -2.08. The second-order valence-electron chi connectivity index (χ2n) is 5.18. The maximum Gasteiger partial charge on any atom is 0.337 e. The number of esters is 1. The fourth-order valence-corrected chi connectivity index (χ4v) is 3.29. The Hall–Kier alpha value is -3.38. The number of non-ortho nitro benzene ring substituents is 1. The molecule has 12 heteroatoms. The molecule has 2 aromatic carbocycles. The number of nitrogens with zero attached hydrogens (tertiary/aromatic N) is 2. The Morgan fingerprint density at radius 3 is 2.22 bits per heavy atom. The lowest BCUT2D eigenvalue weighted by Crippen LogP contribution is -2.24. The summed E-state index contributed by atoms with van der Waals surface area (Å²) in [6.45, 7) is -0.210. The van der Waals surface area contributed by atoms with E-state index in [0.29, 0.717) is 11.6 Å². The molecule has 0 aliphatic carbocycles. The van der Waals surface area contributed by atoms with Crippen LogP contribution in [0.5, 0.6) is 0 Å². The number of benzene rings is 2. The molecule has 27 heavy (non-hydrogen) atoms. The van der Waals surface area contributed by atoms with E-state index in [1.54, 1.807) is 0 Å². The number of nitro groups is 2. The fourth-order valence-electron chi connectivity index (χ4n) is 2.12. The third-order valence-electron chi connectivity index (χ3n) is 3.48.